The summed E-state index contributed by atoms with van der Waals surface area (Å²) in [5, 5.41) is 28.2. The van der Waals surface area contributed by atoms with E-state index in [0.29, 0.717) is 11.3 Å². The average Bonchev–Trinajstić information content (AvgIpc) is 2.78. The molecule has 2 amide bonds. The van der Waals surface area contributed by atoms with Crippen molar-refractivity contribution in [3.8, 4) is 22.6 Å². The number of carbonyl (C=O) groups is 2. The molecular weight excluding hydrogens is 472 g/mol. The summed E-state index contributed by atoms with van der Waals surface area (Å²) in [5.41, 5.74) is 1.91. The number of carboxylic acids is 1. The summed E-state index contributed by atoms with van der Waals surface area (Å²) in [5.74, 6) is -1.36. The van der Waals surface area contributed by atoms with Crippen molar-refractivity contribution in [1.29, 1.82) is 0 Å². The van der Waals surface area contributed by atoms with Crippen LogP contribution in [0.2, 0.25) is 0 Å². The van der Waals surface area contributed by atoms with Crippen molar-refractivity contribution in [2.75, 3.05) is 12.4 Å². The monoisotopic (exact) mass is 495 g/mol. The molecule has 2 aromatic carbocycles. The van der Waals surface area contributed by atoms with Gasteiger partial charge in [-0.3, -0.25) is 4.79 Å². The molecule has 0 saturated heterocycles. The van der Waals surface area contributed by atoms with Gasteiger partial charge in [0, 0.05) is 25.6 Å². The molecule has 0 aliphatic rings. The van der Waals surface area contributed by atoms with E-state index in [1.807, 2.05) is 37.3 Å². The molecule has 35 heavy (non-hydrogen) atoms. The fourth-order valence-corrected chi connectivity index (χ4v) is 3.44. The standard InChI is InChI=1S/C24H25N3O6.2Na/c1-14-9-16(15-5-4-6-18(12-15)33-3)11-17(10-14)19(13-21(29)30)25-24(32)26-22-20(28)7-8-27(2)23(22)31;;/h4-12,19,28H,13H2,1-3H3,(H,29,30)(H2,25,26,32);;/q;2*+1/p-2/t19-;;/m0../s1. The zero-order valence-electron chi connectivity index (χ0n) is 20.4. The van der Waals surface area contributed by atoms with Gasteiger partial charge in [-0.25, -0.2) is 4.79 Å². The second-order valence-electron chi connectivity index (χ2n) is 7.56. The number of nitrogens with one attached hydrogen (secondary N) is 2. The van der Waals surface area contributed by atoms with Crippen molar-refractivity contribution in [2.45, 2.75) is 19.4 Å². The molecule has 1 atom stereocenters. The Labute approximate surface area is 247 Å². The number of aryl methyl sites for hydroxylation is 2. The van der Waals surface area contributed by atoms with E-state index in [-0.39, 0.29) is 59.1 Å². The molecule has 172 valence electrons. The van der Waals surface area contributed by atoms with Crippen LogP contribution in [0, 0.1) is 6.92 Å². The number of carboxylic acid groups (broad SMARTS) is 1. The maximum atomic E-state index is 12.6. The number of urea groups is 1. The summed E-state index contributed by atoms with van der Waals surface area (Å²) in [7, 11) is 3.00. The summed E-state index contributed by atoms with van der Waals surface area (Å²) in [6, 6.07) is 12.1. The summed E-state index contributed by atoms with van der Waals surface area (Å²) in [4.78, 5) is 36.1. The fourth-order valence-electron chi connectivity index (χ4n) is 3.44. The van der Waals surface area contributed by atoms with E-state index in [0.717, 1.165) is 27.3 Å². The number of methoxy groups -OCH3 is 1. The quantitative estimate of drug-likeness (QED) is 0.317. The number of pyridine rings is 1. The van der Waals surface area contributed by atoms with Crippen molar-refractivity contribution >= 4 is 17.7 Å². The van der Waals surface area contributed by atoms with E-state index in [1.54, 1.807) is 19.2 Å². The fraction of sp³-hybridized carbons (Fsp3) is 0.208. The van der Waals surface area contributed by atoms with Crippen LogP contribution in [0.25, 0.3) is 11.1 Å². The third-order valence-electron chi connectivity index (χ3n) is 5.05. The Balaban J connectivity index is 0.00000306. The number of ether oxygens (including phenoxy) is 1. The molecule has 3 aromatic rings. The van der Waals surface area contributed by atoms with Crippen LogP contribution in [-0.2, 0) is 11.8 Å². The molecule has 1 heterocycles. The van der Waals surface area contributed by atoms with Crippen molar-refractivity contribution in [1.82, 2.24) is 9.88 Å². The van der Waals surface area contributed by atoms with Gasteiger partial charge < -0.3 is 34.9 Å². The third-order valence-corrected chi connectivity index (χ3v) is 5.05. The van der Waals surface area contributed by atoms with E-state index >= 15 is 0 Å². The predicted octanol–water partition coefficient (Wildman–Crippen LogP) is -4.55. The van der Waals surface area contributed by atoms with E-state index in [2.05, 4.69) is 10.6 Å². The predicted molar refractivity (Wildman–Crippen MR) is 119 cm³/mol. The number of benzene rings is 2. The first-order valence-corrected chi connectivity index (χ1v) is 10.1. The number of rotatable bonds is 7. The van der Waals surface area contributed by atoms with Crippen LogP contribution in [0.5, 0.6) is 11.5 Å². The first-order valence-electron chi connectivity index (χ1n) is 10.1. The summed E-state index contributed by atoms with van der Waals surface area (Å²) < 4.78 is 6.42. The third kappa shape index (κ3) is 8.13. The number of hydrogen-bond acceptors (Lipinski definition) is 6. The molecule has 0 aliphatic heterocycles. The van der Waals surface area contributed by atoms with E-state index in [1.165, 1.54) is 13.2 Å². The van der Waals surface area contributed by atoms with Gasteiger partial charge in [-0.15, -0.1) is 0 Å². The Morgan fingerprint density at radius 3 is 2.46 bits per heavy atom. The number of aromatic nitrogens is 1. The number of nitrogens with zero attached hydrogens (tertiary/aromatic N) is 1. The molecular formula is C24H23N3Na2O6. The molecule has 0 spiro atoms. The van der Waals surface area contributed by atoms with E-state index < -0.39 is 41.5 Å². The summed E-state index contributed by atoms with van der Waals surface area (Å²) >= 11 is 0. The molecule has 0 radical (unpaired) electrons. The summed E-state index contributed by atoms with van der Waals surface area (Å²) in [6.07, 6.45) is 0.783. The first kappa shape index (κ1) is 30.8. The molecule has 3 rings (SSSR count). The van der Waals surface area contributed by atoms with Crippen LogP contribution in [-0.4, -0.2) is 23.7 Å². The van der Waals surface area contributed by atoms with E-state index in [4.69, 9.17) is 4.74 Å². The van der Waals surface area contributed by atoms with Gasteiger partial charge in [0.15, 0.2) is 0 Å². The Morgan fingerprint density at radius 1 is 1.09 bits per heavy atom. The first-order chi connectivity index (χ1) is 15.7. The largest absolute Gasteiger partial charge is 1.00 e. The molecule has 1 aromatic heterocycles. The number of hydrogen-bond donors (Lipinski definition) is 2. The minimum absolute atomic E-state index is 0. The Bertz CT molecular complexity index is 1260. The molecule has 0 fully saturated rings. The summed E-state index contributed by atoms with van der Waals surface area (Å²) in [6.45, 7) is 1.85. The van der Waals surface area contributed by atoms with Crippen LogP contribution in [0.4, 0.5) is 10.5 Å². The number of carbonyl (C=O) groups excluding carboxylic acids is 2. The Kier molecular flexibility index (Phi) is 12.1. The molecule has 0 saturated carbocycles. The van der Waals surface area contributed by atoms with Crippen LogP contribution >= 0.6 is 0 Å². The van der Waals surface area contributed by atoms with Crippen LogP contribution in [0.3, 0.4) is 0 Å². The zero-order valence-corrected chi connectivity index (χ0v) is 24.4. The molecule has 0 bridgehead atoms. The number of aliphatic carboxylic acids is 1. The van der Waals surface area contributed by atoms with Gasteiger partial charge in [0.25, 0.3) is 5.56 Å². The van der Waals surface area contributed by atoms with Crippen molar-refractivity contribution in [2.24, 2.45) is 7.05 Å². The normalized spacial score (nSPS) is 10.8. The van der Waals surface area contributed by atoms with Crippen LogP contribution in [0.1, 0.15) is 23.6 Å². The van der Waals surface area contributed by atoms with Crippen molar-refractivity contribution in [3.05, 3.63) is 76.2 Å². The Hall–Kier alpha value is -2.27. The second-order valence-corrected chi connectivity index (χ2v) is 7.56. The molecule has 0 unspecified atom stereocenters. The zero-order chi connectivity index (χ0) is 24.1. The Morgan fingerprint density at radius 2 is 1.80 bits per heavy atom. The second kappa shape index (κ2) is 13.7. The van der Waals surface area contributed by atoms with Crippen LogP contribution < -0.4 is 90.3 Å². The molecule has 11 heteroatoms. The van der Waals surface area contributed by atoms with Crippen molar-refractivity contribution in [3.63, 3.8) is 0 Å². The smallest absolute Gasteiger partial charge is 0.871 e. The average molecular weight is 495 g/mol. The van der Waals surface area contributed by atoms with Gasteiger partial charge >= 0.3 is 65.1 Å². The van der Waals surface area contributed by atoms with Crippen LogP contribution in [0.15, 0.2) is 59.5 Å². The SMILES string of the molecule is COc1cccc(-c2cc(C)cc([C@H](CC(=O)[O-])NC(=O)Nc3c([O-])ccn(C)c3=O)c2)c1.[Na+].[Na+]. The number of anilines is 1. The van der Waals surface area contributed by atoms with E-state index in [9.17, 15) is 24.6 Å². The molecule has 0 aliphatic carbocycles. The van der Waals surface area contributed by atoms with Gasteiger partial charge in [0.2, 0.25) is 0 Å². The van der Waals surface area contributed by atoms with Gasteiger partial charge in [-0.05, 0) is 41.8 Å². The minimum atomic E-state index is -1.37. The van der Waals surface area contributed by atoms with Gasteiger partial charge in [-0.1, -0.05) is 41.6 Å². The minimum Gasteiger partial charge on any atom is -0.871 e. The van der Waals surface area contributed by atoms with Gasteiger partial charge in [-0.2, -0.15) is 0 Å². The topological polar surface area (TPSA) is 136 Å². The number of amides is 2. The van der Waals surface area contributed by atoms with Crippen molar-refractivity contribution < 1.29 is 83.7 Å². The maximum absolute atomic E-state index is 12.6. The van der Waals surface area contributed by atoms with Gasteiger partial charge in [0.1, 0.15) is 11.4 Å². The van der Waals surface area contributed by atoms with Gasteiger partial charge in [0.05, 0.1) is 13.2 Å². The molecule has 9 nitrogen and oxygen atoms in total. The molecule has 2 N–H and O–H groups in total. The maximum Gasteiger partial charge on any atom is 1.00 e.